The Morgan fingerprint density at radius 3 is 2.30 bits per heavy atom. The van der Waals surface area contributed by atoms with Crippen molar-refractivity contribution in [3.63, 3.8) is 0 Å². The number of rotatable bonds is 7. The fourth-order valence-electron chi connectivity index (χ4n) is 2.87. The smallest absolute Gasteiger partial charge is 0.303 e. The minimum atomic E-state index is -3.77. The Kier molecular flexibility index (Phi) is 5.32. The molecule has 0 aromatic heterocycles. The number of sulfonamides is 1. The third-order valence-corrected chi connectivity index (χ3v) is 5.62. The summed E-state index contributed by atoms with van der Waals surface area (Å²) < 4.78 is 33.1. The summed E-state index contributed by atoms with van der Waals surface area (Å²) in [6.45, 7) is 0. The number of methoxy groups -OCH3 is 1. The molecular weight excluding hydrogens is 366 g/mol. The summed E-state index contributed by atoms with van der Waals surface area (Å²) in [7, 11) is -2.25. The lowest BCUT2D eigenvalue weighted by molar-refractivity contribution is -0.136. The fourth-order valence-corrected chi connectivity index (χ4v) is 3.95. The van der Waals surface area contributed by atoms with Crippen molar-refractivity contribution in [2.75, 3.05) is 11.8 Å². The molecule has 0 saturated carbocycles. The number of fused-ring (bicyclic) bond motifs is 1. The molecule has 2 N–H and O–H groups in total. The normalized spacial score (nSPS) is 11.3. The zero-order valence-electron chi connectivity index (χ0n) is 14.7. The van der Waals surface area contributed by atoms with Crippen molar-refractivity contribution in [1.29, 1.82) is 0 Å². The second kappa shape index (κ2) is 7.67. The van der Waals surface area contributed by atoms with Crippen LogP contribution in [0.5, 0.6) is 5.75 Å². The van der Waals surface area contributed by atoms with Gasteiger partial charge in [0.1, 0.15) is 5.75 Å². The molecule has 3 aromatic carbocycles. The predicted octanol–water partition coefficient (Wildman–Crippen LogP) is 3.67. The summed E-state index contributed by atoms with van der Waals surface area (Å²) >= 11 is 0. The highest BCUT2D eigenvalue weighted by atomic mass is 32.2. The molecule has 0 amide bonds. The van der Waals surface area contributed by atoms with Crippen LogP contribution in [-0.4, -0.2) is 26.6 Å². The van der Waals surface area contributed by atoms with Gasteiger partial charge in [-0.3, -0.25) is 9.52 Å². The number of carbonyl (C=O) groups is 1. The lowest BCUT2D eigenvalue weighted by Gasteiger charge is -2.13. The summed E-state index contributed by atoms with van der Waals surface area (Å²) in [5.41, 5.74) is 1.31. The summed E-state index contributed by atoms with van der Waals surface area (Å²) in [6.07, 6.45) is 0.391. The summed E-state index contributed by atoms with van der Waals surface area (Å²) in [4.78, 5) is 11.0. The van der Waals surface area contributed by atoms with Crippen LogP contribution in [0.3, 0.4) is 0 Å². The van der Waals surface area contributed by atoms with Gasteiger partial charge < -0.3 is 9.84 Å². The highest BCUT2D eigenvalue weighted by Gasteiger charge is 2.16. The van der Waals surface area contributed by atoms with Gasteiger partial charge >= 0.3 is 5.97 Å². The molecule has 0 unspecified atom stereocenters. The highest BCUT2D eigenvalue weighted by molar-refractivity contribution is 7.92. The van der Waals surface area contributed by atoms with Crippen LogP contribution < -0.4 is 9.46 Å². The first-order valence-corrected chi connectivity index (χ1v) is 9.78. The Bertz CT molecular complexity index is 1080. The van der Waals surface area contributed by atoms with Gasteiger partial charge in [0.05, 0.1) is 17.7 Å². The van der Waals surface area contributed by atoms with Crippen LogP contribution in [0.4, 0.5) is 5.69 Å². The second-order valence-electron chi connectivity index (χ2n) is 5.99. The number of nitrogens with one attached hydrogen (secondary N) is 1. The van der Waals surface area contributed by atoms with Gasteiger partial charge in [-0.25, -0.2) is 8.42 Å². The number of aryl methyl sites for hydroxylation is 1. The molecule has 0 radical (unpaired) electrons. The van der Waals surface area contributed by atoms with E-state index in [1.165, 1.54) is 19.2 Å². The number of carboxylic acids is 1. The van der Waals surface area contributed by atoms with Crippen molar-refractivity contribution >= 4 is 32.5 Å². The average molecular weight is 385 g/mol. The molecule has 7 heteroatoms. The van der Waals surface area contributed by atoms with Gasteiger partial charge in [-0.1, -0.05) is 30.3 Å². The first-order valence-electron chi connectivity index (χ1n) is 8.30. The van der Waals surface area contributed by atoms with Crippen LogP contribution in [0.25, 0.3) is 10.8 Å². The zero-order chi connectivity index (χ0) is 19.4. The van der Waals surface area contributed by atoms with Crippen LogP contribution in [0.1, 0.15) is 12.0 Å². The largest absolute Gasteiger partial charge is 0.497 e. The second-order valence-corrected chi connectivity index (χ2v) is 7.67. The van der Waals surface area contributed by atoms with Crippen molar-refractivity contribution in [2.45, 2.75) is 17.7 Å². The predicted molar refractivity (Wildman–Crippen MR) is 104 cm³/mol. The number of ether oxygens (including phenoxy) is 1. The molecular formula is C20H19NO5S. The molecule has 3 aromatic rings. The topological polar surface area (TPSA) is 92.7 Å². The first kappa shape index (κ1) is 18.7. The molecule has 0 aliphatic rings. The average Bonchev–Trinajstić information content (AvgIpc) is 2.67. The zero-order valence-corrected chi connectivity index (χ0v) is 15.5. The van der Waals surface area contributed by atoms with E-state index in [9.17, 15) is 13.2 Å². The maximum atomic E-state index is 12.7. The van der Waals surface area contributed by atoms with Crippen LogP contribution in [0, 0.1) is 0 Å². The Labute approximate surface area is 157 Å². The van der Waals surface area contributed by atoms with E-state index in [-0.39, 0.29) is 11.3 Å². The van der Waals surface area contributed by atoms with Gasteiger partial charge in [0.25, 0.3) is 10.0 Å². The van der Waals surface area contributed by atoms with Gasteiger partial charge in [0, 0.05) is 11.8 Å². The van der Waals surface area contributed by atoms with Crippen molar-refractivity contribution in [3.05, 3.63) is 66.2 Å². The van der Waals surface area contributed by atoms with Crippen LogP contribution in [0.2, 0.25) is 0 Å². The summed E-state index contributed by atoms with van der Waals surface area (Å²) in [6, 6.07) is 16.9. The number of hydrogen-bond donors (Lipinski definition) is 2. The van der Waals surface area contributed by atoms with E-state index >= 15 is 0 Å². The lowest BCUT2D eigenvalue weighted by atomic mass is 10.00. The van der Waals surface area contributed by atoms with E-state index in [2.05, 4.69) is 4.72 Å². The molecule has 27 heavy (non-hydrogen) atoms. The third-order valence-electron chi connectivity index (χ3n) is 4.24. The number of benzene rings is 3. The maximum Gasteiger partial charge on any atom is 0.303 e. The Balaban J connectivity index is 1.97. The first-order chi connectivity index (χ1) is 12.9. The van der Waals surface area contributed by atoms with Gasteiger partial charge in [-0.15, -0.1) is 0 Å². The van der Waals surface area contributed by atoms with E-state index in [1.54, 1.807) is 24.3 Å². The quantitative estimate of drug-likeness (QED) is 0.647. The molecule has 0 fully saturated rings. The Morgan fingerprint density at radius 2 is 1.67 bits per heavy atom. The summed E-state index contributed by atoms with van der Waals surface area (Å²) in [5, 5.41) is 10.5. The lowest BCUT2D eigenvalue weighted by Crippen LogP contribution is -2.13. The standard InChI is InChI=1S/C20H19NO5S/c1-26-15-8-10-16(11-9-15)27(24,25)21-19-12-6-14(7-13-20(22)23)17-4-2-3-5-18(17)19/h2-6,8-12,21H,7,13H2,1H3,(H,22,23). The van der Waals surface area contributed by atoms with Crippen LogP contribution in [0.15, 0.2) is 65.6 Å². The Morgan fingerprint density at radius 1 is 1.00 bits per heavy atom. The maximum absolute atomic E-state index is 12.7. The van der Waals surface area contributed by atoms with Gasteiger partial charge in [-0.05, 0) is 47.7 Å². The third kappa shape index (κ3) is 4.20. The van der Waals surface area contributed by atoms with Crippen LogP contribution >= 0.6 is 0 Å². The number of carboxylic acid groups (broad SMARTS) is 1. The molecule has 0 saturated heterocycles. The van der Waals surface area contributed by atoms with E-state index in [4.69, 9.17) is 9.84 Å². The molecule has 0 spiro atoms. The minimum absolute atomic E-state index is 0.0148. The molecule has 0 atom stereocenters. The van der Waals surface area contributed by atoms with Crippen molar-refractivity contribution in [3.8, 4) is 5.75 Å². The number of hydrogen-bond acceptors (Lipinski definition) is 4. The van der Waals surface area contributed by atoms with Crippen molar-refractivity contribution in [1.82, 2.24) is 0 Å². The minimum Gasteiger partial charge on any atom is -0.497 e. The molecule has 0 aliphatic carbocycles. The molecule has 0 aliphatic heterocycles. The SMILES string of the molecule is COc1ccc(S(=O)(=O)Nc2ccc(CCC(=O)O)c3ccccc23)cc1. The van der Waals surface area contributed by atoms with E-state index < -0.39 is 16.0 Å². The van der Waals surface area contributed by atoms with E-state index in [1.807, 2.05) is 24.3 Å². The highest BCUT2D eigenvalue weighted by Crippen LogP contribution is 2.29. The van der Waals surface area contributed by atoms with Gasteiger partial charge in [0.2, 0.25) is 0 Å². The van der Waals surface area contributed by atoms with Gasteiger partial charge in [0.15, 0.2) is 0 Å². The number of anilines is 1. The van der Waals surface area contributed by atoms with E-state index in [0.717, 1.165) is 16.3 Å². The Hall–Kier alpha value is -3.06. The fraction of sp³-hybridized carbons (Fsp3) is 0.150. The molecule has 0 bridgehead atoms. The monoisotopic (exact) mass is 385 g/mol. The van der Waals surface area contributed by atoms with Gasteiger partial charge in [-0.2, -0.15) is 0 Å². The molecule has 6 nitrogen and oxygen atoms in total. The molecule has 140 valence electrons. The van der Waals surface area contributed by atoms with Crippen LogP contribution in [-0.2, 0) is 21.2 Å². The van der Waals surface area contributed by atoms with Crippen molar-refractivity contribution in [2.24, 2.45) is 0 Å². The number of aliphatic carboxylic acids is 1. The van der Waals surface area contributed by atoms with Crippen molar-refractivity contribution < 1.29 is 23.1 Å². The van der Waals surface area contributed by atoms with E-state index in [0.29, 0.717) is 17.9 Å². The molecule has 0 heterocycles. The summed E-state index contributed by atoms with van der Waals surface area (Å²) in [5.74, 6) is -0.300. The molecule has 3 rings (SSSR count).